The average Bonchev–Trinajstić information content (AvgIpc) is 2.57. The summed E-state index contributed by atoms with van der Waals surface area (Å²) in [6.45, 7) is 0. The Morgan fingerprint density at radius 3 is 2.63 bits per heavy atom. The van der Waals surface area contributed by atoms with Crippen LogP contribution < -0.4 is 5.32 Å². The second kappa shape index (κ2) is 4.63. The molecule has 2 amide bonds. The Morgan fingerprint density at radius 1 is 1.47 bits per heavy atom. The molecule has 1 heterocycles. The van der Waals surface area contributed by atoms with E-state index in [9.17, 15) is 24.1 Å². The monoisotopic (exact) mass is 267 g/mol. The lowest BCUT2D eigenvalue weighted by molar-refractivity contribution is -0.387. The van der Waals surface area contributed by atoms with Gasteiger partial charge < -0.3 is 5.32 Å². The van der Waals surface area contributed by atoms with E-state index >= 15 is 0 Å². The maximum absolute atomic E-state index is 13.4. The number of carbonyl (C=O) groups excluding carboxylic acids is 2. The maximum Gasteiger partial charge on any atom is 0.304 e. The number of hydrogen-bond donors (Lipinski definition) is 1. The normalized spacial score (nSPS) is 18.8. The van der Waals surface area contributed by atoms with Gasteiger partial charge in [0.05, 0.1) is 11.3 Å². The number of nitrogens with zero attached hydrogens (tertiary/aromatic N) is 2. The van der Waals surface area contributed by atoms with Crippen LogP contribution in [0.15, 0.2) is 18.2 Å². The number of nitro groups is 1. The topological polar surface area (TPSA) is 92.6 Å². The van der Waals surface area contributed by atoms with Gasteiger partial charge in [0.1, 0.15) is 6.04 Å². The molecular weight excluding hydrogens is 257 g/mol. The molecular formula is C11H10FN3O4. The molecule has 1 aromatic rings. The van der Waals surface area contributed by atoms with Gasteiger partial charge in [-0.05, 0) is 6.07 Å². The minimum atomic E-state index is -1.000. The minimum Gasteiger partial charge on any atom is -0.373 e. The number of nitro benzene ring substituents is 1. The van der Waals surface area contributed by atoms with E-state index in [-0.39, 0.29) is 18.0 Å². The zero-order valence-corrected chi connectivity index (χ0v) is 9.92. The summed E-state index contributed by atoms with van der Waals surface area (Å²) in [4.78, 5) is 33.5. The first-order chi connectivity index (χ1) is 8.90. The highest BCUT2D eigenvalue weighted by Gasteiger charge is 2.36. The number of hydrogen-bond acceptors (Lipinski definition) is 5. The van der Waals surface area contributed by atoms with Crippen LogP contribution in [0.25, 0.3) is 0 Å². The molecule has 0 spiro atoms. The molecule has 0 radical (unpaired) electrons. The van der Waals surface area contributed by atoms with Crippen LogP contribution in [-0.4, -0.2) is 34.7 Å². The van der Waals surface area contributed by atoms with Crippen LogP contribution in [0.2, 0.25) is 0 Å². The number of rotatable bonds is 3. The minimum absolute atomic E-state index is 0.0199. The Hall–Kier alpha value is -2.51. The van der Waals surface area contributed by atoms with E-state index in [2.05, 4.69) is 5.32 Å². The number of imide groups is 1. The average molecular weight is 267 g/mol. The Morgan fingerprint density at radius 2 is 2.16 bits per heavy atom. The molecule has 8 heteroatoms. The lowest BCUT2D eigenvalue weighted by Crippen LogP contribution is -2.31. The molecule has 0 saturated carbocycles. The fraction of sp³-hybridized carbons (Fsp3) is 0.273. The summed E-state index contributed by atoms with van der Waals surface area (Å²) in [6.07, 6.45) is -0.0199. The van der Waals surface area contributed by atoms with E-state index in [1.807, 2.05) is 0 Å². The molecule has 0 bridgehead atoms. The highest BCUT2D eigenvalue weighted by molar-refractivity contribution is 6.06. The Kier molecular flexibility index (Phi) is 3.16. The molecule has 0 aliphatic carbocycles. The molecule has 1 aromatic carbocycles. The van der Waals surface area contributed by atoms with Crippen molar-refractivity contribution in [2.24, 2.45) is 0 Å². The van der Waals surface area contributed by atoms with Crippen molar-refractivity contribution in [3.63, 3.8) is 0 Å². The van der Waals surface area contributed by atoms with E-state index in [0.717, 1.165) is 17.0 Å². The van der Waals surface area contributed by atoms with Gasteiger partial charge in [-0.3, -0.25) is 24.6 Å². The summed E-state index contributed by atoms with van der Waals surface area (Å²) in [6, 6.07) is 2.45. The molecule has 7 nitrogen and oxygen atoms in total. The fourth-order valence-electron chi connectivity index (χ4n) is 1.81. The number of carbonyl (C=O) groups is 2. The third-order valence-corrected chi connectivity index (χ3v) is 2.87. The van der Waals surface area contributed by atoms with Crippen molar-refractivity contribution in [2.75, 3.05) is 12.4 Å². The summed E-state index contributed by atoms with van der Waals surface area (Å²) in [7, 11) is 1.36. The van der Waals surface area contributed by atoms with E-state index in [1.165, 1.54) is 13.1 Å². The summed E-state index contributed by atoms with van der Waals surface area (Å²) in [5.74, 6) is -1.74. The van der Waals surface area contributed by atoms with E-state index in [1.54, 1.807) is 0 Å². The first kappa shape index (κ1) is 12.9. The zero-order valence-electron chi connectivity index (χ0n) is 9.92. The molecule has 1 aliphatic heterocycles. The van der Waals surface area contributed by atoms with Crippen LogP contribution in [0.5, 0.6) is 0 Å². The number of likely N-dealkylation sites (N-methyl/N-ethyl adjacent to an activating group) is 1. The van der Waals surface area contributed by atoms with Crippen LogP contribution in [0.3, 0.4) is 0 Å². The Labute approximate surface area is 107 Å². The van der Waals surface area contributed by atoms with Crippen molar-refractivity contribution < 1.29 is 18.9 Å². The number of benzene rings is 1. The van der Waals surface area contributed by atoms with Crippen molar-refractivity contribution in [2.45, 2.75) is 12.5 Å². The van der Waals surface area contributed by atoms with E-state index in [0.29, 0.717) is 0 Å². The fourth-order valence-corrected chi connectivity index (χ4v) is 1.81. The molecule has 0 aromatic heterocycles. The van der Waals surface area contributed by atoms with Crippen LogP contribution in [0, 0.1) is 15.9 Å². The molecule has 2 rings (SSSR count). The zero-order chi connectivity index (χ0) is 14.2. The summed E-state index contributed by atoms with van der Waals surface area (Å²) >= 11 is 0. The van der Waals surface area contributed by atoms with Gasteiger partial charge in [-0.25, -0.2) is 0 Å². The largest absolute Gasteiger partial charge is 0.373 e. The summed E-state index contributed by atoms with van der Waals surface area (Å²) < 4.78 is 13.4. The molecule has 1 atom stereocenters. The quantitative estimate of drug-likeness (QED) is 0.499. The van der Waals surface area contributed by atoms with Gasteiger partial charge in [0.15, 0.2) is 0 Å². The number of amides is 2. The van der Waals surface area contributed by atoms with Crippen LogP contribution in [0.1, 0.15) is 6.42 Å². The number of anilines is 1. The van der Waals surface area contributed by atoms with Gasteiger partial charge >= 0.3 is 5.69 Å². The summed E-state index contributed by atoms with van der Waals surface area (Å²) in [5.41, 5.74) is -0.430. The van der Waals surface area contributed by atoms with Crippen molar-refractivity contribution in [3.8, 4) is 0 Å². The molecule has 100 valence electrons. The molecule has 1 fully saturated rings. The van der Waals surface area contributed by atoms with Gasteiger partial charge in [-0.15, -0.1) is 0 Å². The first-order valence-corrected chi connectivity index (χ1v) is 5.41. The van der Waals surface area contributed by atoms with Gasteiger partial charge in [0.25, 0.3) is 5.91 Å². The van der Waals surface area contributed by atoms with Crippen LogP contribution >= 0.6 is 0 Å². The van der Waals surface area contributed by atoms with Crippen molar-refractivity contribution in [3.05, 3.63) is 34.1 Å². The number of halogens is 1. The van der Waals surface area contributed by atoms with Gasteiger partial charge in [0.2, 0.25) is 11.7 Å². The molecule has 1 saturated heterocycles. The van der Waals surface area contributed by atoms with E-state index < -0.39 is 28.4 Å². The third kappa shape index (κ3) is 2.37. The maximum atomic E-state index is 13.4. The van der Waals surface area contributed by atoms with Gasteiger partial charge in [0, 0.05) is 24.9 Å². The molecule has 19 heavy (non-hydrogen) atoms. The van der Waals surface area contributed by atoms with E-state index in [4.69, 9.17) is 0 Å². The standard InChI is InChI=1S/C11H10FN3O4/c1-14-10(16)5-8(11(14)17)13-6-2-3-9(15(18)19)7(12)4-6/h2-4,8,13H,5H2,1H3. The second-order valence-corrected chi connectivity index (χ2v) is 4.12. The van der Waals surface area contributed by atoms with Crippen molar-refractivity contribution >= 4 is 23.2 Å². The number of likely N-dealkylation sites (tertiary alicyclic amines) is 1. The molecule has 1 N–H and O–H groups in total. The predicted molar refractivity (Wildman–Crippen MR) is 62.9 cm³/mol. The molecule has 1 unspecified atom stereocenters. The Balaban J connectivity index is 2.17. The number of nitrogens with one attached hydrogen (secondary N) is 1. The van der Waals surface area contributed by atoms with Gasteiger partial charge in [-0.1, -0.05) is 0 Å². The molecule has 1 aliphatic rings. The summed E-state index contributed by atoms with van der Waals surface area (Å²) in [5, 5.41) is 13.1. The van der Waals surface area contributed by atoms with Crippen molar-refractivity contribution in [1.29, 1.82) is 0 Å². The first-order valence-electron chi connectivity index (χ1n) is 5.41. The van der Waals surface area contributed by atoms with Crippen LogP contribution in [-0.2, 0) is 9.59 Å². The third-order valence-electron chi connectivity index (χ3n) is 2.87. The lowest BCUT2D eigenvalue weighted by atomic mass is 10.2. The Bertz CT molecular complexity index is 575. The lowest BCUT2D eigenvalue weighted by Gasteiger charge is -2.12. The van der Waals surface area contributed by atoms with Gasteiger partial charge in [-0.2, -0.15) is 4.39 Å². The second-order valence-electron chi connectivity index (χ2n) is 4.12. The van der Waals surface area contributed by atoms with Crippen molar-refractivity contribution in [1.82, 2.24) is 4.90 Å². The highest BCUT2D eigenvalue weighted by atomic mass is 19.1. The SMILES string of the molecule is CN1C(=O)CC(Nc2ccc([N+](=O)[O-])c(F)c2)C1=O. The highest BCUT2D eigenvalue weighted by Crippen LogP contribution is 2.23. The van der Waals surface area contributed by atoms with Crippen LogP contribution in [0.4, 0.5) is 15.8 Å². The predicted octanol–water partition coefficient (Wildman–Crippen LogP) is 0.903. The smallest absolute Gasteiger partial charge is 0.304 e.